The number of nitrogens with one attached hydrogen (secondary N) is 1. The molecule has 2 aromatic rings. The molecule has 9 heteroatoms. The number of rotatable bonds is 6. The Morgan fingerprint density at radius 1 is 1.14 bits per heavy atom. The third-order valence-electron chi connectivity index (χ3n) is 7.32. The van der Waals surface area contributed by atoms with Crippen LogP contribution in [0.25, 0.3) is 0 Å². The van der Waals surface area contributed by atoms with Crippen LogP contribution >= 0.6 is 0 Å². The standard InChI is InChI=1S/C26H29FN4O4/c27-20-6-3-5-18(15-20)16-23(32)30-12-9-19(10-13-30)26(22-8-1-2-11-28-22)24(33)31(25(34)29-26)17-21-7-4-14-35-21/h1-3,5-6,8,11,15,19,21H,4,7,9-10,12-14,16-17H2,(H,29,34)/t21-,26-/m1/s1. The molecule has 1 N–H and O–H groups in total. The first-order valence-electron chi connectivity index (χ1n) is 12.2. The second-order valence-electron chi connectivity index (χ2n) is 9.47. The van der Waals surface area contributed by atoms with E-state index >= 15 is 0 Å². The number of pyridine rings is 1. The minimum absolute atomic E-state index is 0.0808. The molecule has 0 spiro atoms. The van der Waals surface area contributed by atoms with Crippen LogP contribution in [0.2, 0.25) is 0 Å². The largest absolute Gasteiger partial charge is 0.376 e. The van der Waals surface area contributed by atoms with Crippen LogP contribution in [0.3, 0.4) is 0 Å². The number of piperidine rings is 1. The Kier molecular flexibility index (Phi) is 6.51. The summed E-state index contributed by atoms with van der Waals surface area (Å²) in [5.74, 6) is -0.972. The van der Waals surface area contributed by atoms with E-state index in [1.165, 1.54) is 17.0 Å². The van der Waals surface area contributed by atoms with Crippen molar-refractivity contribution in [1.82, 2.24) is 20.1 Å². The highest BCUT2D eigenvalue weighted by Gasteiger charge is 2.58. The first kappa shape index (κ1) is 23.4. The third kappa shape index (κ3) is 4.52. The van der Waals surface area contributed by atoms with Gasteiger partial charge in [-0.05, 0) is 55.5 Å². The molecule has 2 atom stereocenters. The van der Waals surface area contributed by atoms with Crippen molar-refractivity contribution in [2.75, 3.05) is 26.2 Å². The van der Waals surface area contributed by atoms with E-state index in [0.717, 1.165) is 12.8 Å². The van der Waals surface area contributed by atoms with Crippen molar-refractivity contribution in [1.29, 1.82) is 0 Å². The third-order valence-corrected chi connectivity index (χ3v) is 7.32. The van der Waals surface area contributed by atoms with Gasteiger partial charge in [-0.25, -0.2) is 9.18 Å². The number of aromatic nitrogens is 1. The van der Waals surface area contributed by atoms with Gasteiger partial charge in [0.1, 0.15) is 5.82 Å². The number of imide groups is 1. The average molecular weight is 481 g/mol. The molecule has 3 aliphatic rings. The molecule has 1 aromatic carbocycles. The minimum Gasteiger partial charge on any atom is -0.376 e. The quantitative estimate of drug-likeness (QED) is 0.642. The van der Waals surface area contributed by atoms with E-state index in [1.807, 2.05) is 6.07 Å². The number of carbonyl (C=O) groups excluding carboxylic acids is 3. The molecule has 0 aliphatic carbocycles. The molecule has 35 heavy (non-hydrogen) atoms. The predicted octanol–water partition coefficient (Wildman–Crippen LogP) is 2.63. The molecular weight excluding hydrogens is 451 g/mol. The number of likely N-dealkylation sites (tertiary alicyclic amines) is 1. The molecule has 4 amide bonds. The summed E-state index contributed by atoms with van der Waals surface area (Å²) in [5, 5.41) is 2.99. The zero-order valence-electron chi connectivity index (χ0n) is 19.5. The molecule has 0 saturated carbocycles. The molecule has 4 heterocycles. The van der Waals surface area contributed by atoms with Crippen LogP contribution in [0.1, 0.15) is 36.9 Å². The molecule has 3 saturated heterocycles. The Bertz CT molecular complexity index is 1100. The molecule has 3 fully saturated rings. The molecule has 184 valence electrons. The number of hydrogen-bond donors (Lipinski definition) is 1. The van der Waals surface area contributed by atoms with Crippen LogP contribution in [0.4, 0.5) is 9.18 Å². The fourth-order valence-electron chi connectivity index (χ4n) is 5.50. The second kappa shape index (κ2) is 9.73. The van der Waals surface area contributed by atoms with Crippen molar-refractivity contribution in [2.45, 2.75) is 43.7 Å². The number of nitrogens with zero attached hydrogens (tertiary/aromatic N) is 3. The van der Waals surface area contributed by atoms with Crippen molar-refractivity contribution in [3.05, 3.63) is 65.7 Å². The SMILES string of the molecule is O=C(Cc1cccc(F)c1)N1CCC([C@]2(c3ccccn3)NC(=O)N(C[C@H]3CCCO3)C2=O)CC1. The van der Waals surface area contributed by atoms with Crippen LogP contribution < -0.4 is 5.32 Å². The minimum atomic E-state index is -1.27. The molecule has 0 unspecified atom stereocenters. The summed E-state index contributed by atoms with van der Waals surface area (Å²) in [6.07, 6.45) is 4.40. The highest BCUT2D eigenvalue weighted by atomic mass is 19.1. The zero-order chi connectivity index (χ0) is 24.4. The number of carbonyl (C=O) groups is 3. The van der Waals surface area contributed by atoms with Gasteiger partial charge in [0.15, 0.2) is 5.54 Å². The lowest BCUT2D eigenvalue weighted by atomic mass is 9.75. The van der Waals surface area contributed by atoms with Crippen LogP contribution in [0.15, 0.2) is 48.7 Å². The smallest absolute Gasteiger partial charge is 0.325 e. The Morgan fingerprint density at radius 3 is 2.66 bits per heavy atom. The van der Waals surface area contributed by atoms with Gasteiger partial charge in [-0.15, -0.1) is 0 Å². The van der Waals surface area contributed by atoms with Gasteiger partial charge in [-0.3, -0.25) is 19.5 Å². The lowest BCUT2D eigenvalue weighted by molar-refractivity contribution is -0.137. The van der Waals surface area contributed by atoms with Gasteiger partial charge in [0, 0.05) is 31.8 Å². The maximum Gasteiger partial charge on any atom is 0.325 e. The van der Waals surface area contributed by atoms with E-state index < -0.39 is 11.6 Å². The molecule has 3 aliphatic heterocycles. The van der Waals surface area contributed by atoms with E-state index in [2.05, 4.69) is 10.3 Å². The molecule has 5 rings (SSSR count). The molecular formula is C26H29FN4O4. The Balaban J connectivity index is 1.33. The summed E-state index contributed by atoms with van der Waals surface area (Å²) in [5.41, 5.74) is -0.128. The van der Waals surface area contributed by atoms with Crippen LogP contribution in [-0.4, -0.2) is 65.0 Å². The topological polar surface area (TPSA) is 91.8 Å². The van der Waals surface area contributed by atoms with Crippen molar-refractivity contribution < 1.29 is 23.5 Å². The molecule has 1 aromatic heterocycles. The summed E-state index contributed by atoms with van der Waals surface area (Å²) in [6.45, 7) is 1.76. The van der Waals surface area contributed by atoms with E-state index in [1.54, 1.807) is 35.4 Å². The van der Waals surface area contributed by atoms with E-state index in [4.69, 9.17) is 4.74 Å². The molecule has 8 nitrogen and oxygen atoms in total. The van der Waals surface area contributed by atoms with E-state index in [9.17, 15) is 18.8 Å². The monoisotopic (exact) mass is 480 g/mol. The molecule has 0 bridgehead atoms. The van der Waals surface area contributed by atoms with Gasteiger partial charge in [0.25, 0.3) is 5.91 Å². The maximum atomic E-state index is 13.8. The summed E-state index contributed by atoms with van der Waals surface area (Å²) < 4.78 is 19.2. The fourth-order valence-corrected chi connectivity index (χ4v) is 5.50. The maximum absolute atomic E-state index is 13.8. The van der Waals surface area contributed by atoms with Gasteiger partial charge >= 0.3 is 6.03 Å². The lowest BCUT2D eigenvalue weighted by Crippen LogP contribution is -2.55. The number of amides is 4. The summed E-state index contributed by atoms with van der Waals surface area (Å²) >= 11 is 0. The van der Waals surface area contributed by atoms with Gasteiger partial charge in [-0.2, -0.15) is 0 Å². The number of urea groups is 1. The van der Waals surface area contributed by atoms with Crippen molar-refractivity contribution in [3.8, 4) is 0 Å². The van der Waals surface area contributed by atoms with E-state index in [0.29, 0.717) is 43.8 Å². The van der Waals surface area contributed by atoms with Gasteiger partial charge in [-0.1, -0.05) is 18.2 Å². The lowest BCUT2D eigenvalue weighted by Gasteiger charge is -2.40. The summed E-state index contributed by atoms with van der Waals surface area (Å²) in [7, 11) is 0. The molecule has 0 radical (unpaired) electrons. The number of benzene rings is 1. The average Bonchev–Trinajstić information content (AvgIpc) is 3.47. The van der Waals surface area contributed by atoms with Crippen molar-refractivity contribution in [3.63, 3.8) is 0 Å². The van der Waals surface area contributed by atoms with Crippen molar-refractivity contribution >= 4 is 17.8 Å². The van der Waals surface area contributed by atoms with Gasteiger partial charge < -0.3 is 15.0 Å². The number of halogens is 1. The van der Waals surface area contributed by atoms with Crippen LogP contribution in [-0.2, 0) is 26.3 Å². The second-order valence-corrected chi connectivity index (χ2v) is 9.47. The van der Waals surface area contributed by atoms with Crippen molar-refractivity contribution in [2.24, 2.45) is 5.92 Å². The summed E-state index contributed by atoms with van der Waals surface area (Å²) in [4.78, 5) is 47.2. The normalized spacial score (nSPS) is 25.2. The number of ether oxygens (including phenoxy) is 1. The zero-order valence-corrected chi connectivity index (χ0v) is 19.5. The first-order chi connectivity index (χ1) is 17.0. The Morgan fingerprint density at radius 2 is 1.97 bits per heavy atom. The Hall–Kier alpha value is -3.33. The predicted molar refractivity (Wildman–Crippen MR) is 125 cm³/mol. The summed E-state index contributed by atoms with van der Waals surface area (Å²) in [6, 6.07) is 11.0. The first-order valence-corrected chi connectivity index (χ1v) is 12.2. The van der Waals surface area contributed by atoms with Crippen LogP contribution in [0, 0.1) is 11.7 Å². The Labute approximate surface area is 203 Å². The highest BCUT2D eigenvalue weighted by molar-refractivity contribution is 6.07. The van der Waals surface area contributed by atoms with Gasteiger partial charge in [0.05, 0.1) is 24.8 Å². The van der Waals surface area contributed by atoms with Gasteiger partial charge in [0.2, 0.25) is 5.91 Å². The van der Waals surface area contributed by atoms with Crippen LogP contribution in [0.5, 0.6) is 0 Å². The fraction of sp³-hybridized carbons (Fsp3) is 0.462. The van der Waals surface area contributed by atoms with E-state index in [-0.39, 0.29) is 42.6 Å². The number of hydrogen-bond acceptors (Lipinski definition) is 5. The highest BCUT2D eigenvalue weighted by Crippen LogP contribution is 2.41.